The fraction of sp³-hybridized carbons (Fsp3) is 0.500. The maximum atomic E-state index is 12.5. The number of carboxylic acid groups (broad SMARTS) is 1. The lowest BCUT2D eigenvalue weighted by molar-refractivity contribution is -0.303. The van der Waals surface area contributed by atoms with Crippen molar-refractivity contribution in [2.24, 2.45) is 0 Å². The van der Waals surface area contributed by atoms with E-state index in [1.54, 1.807) is 0 Å². The standard InChI is InChI=1S/C16H22N2O6S/c1-24-14-8-7-12(25(22,23)17-10-15(19)20)9-13(14)16(21)18-11-5-3-2-4-6-11/h7-9,11,17H,2-6,10H2,1H3,(H,18,21)(H,19,20)/p-1. The molecule has 1 aromatic rings. The molecule has 0 heterocycles. The van der Waals surface area contributed by atoms with Gasteiger partial charge in [0.05, 0.1) is 30.1 Å². The Morgan fingerprint density at radius 1 is 1.24 bits per heavy atom. The monoisotopic (exact) mass is 369 g/mol. The summed E-state index contributed by atoms with van der Waals surface area (Å²) in [5.41, 5.74) is 0.0874. The van der Waals surface area contributed by atoms with Crippen LogP contribution in [0.3, 0.4) is 0 Å². The second-order valence-corrected chi connectivity index (χ2v) is 7.63. The van der Waals surface area contributed by atoms with Crippen molar-refractivity contribution in [3.05, 3.63) is 23.8 Å². The van der Waals surface area contributed by atoms with Gasteiger partial charge in [0.1, 0.15) is 5.75 Å². The number of nitrogens with one attached hydrogen (secondary N) is 2. The number of benzene rings is 1. The Bertz CT molecular complexity index is 741. The van der Waals surface area contributed by atoms with Crippen LogP contribution >= 0.6 is 0 Å². The molecule has 2 rings (SSSR count). The van der Waals surface area contributed by atoms with E-state index >= 15 is 0 Å². The summed E-state index contributed by atoms with van der Waals surface area (Å²) in [6.45, 7) is -0.849. The van der Waals surface area contributed by atoms with Crippen LogP contribution in [0.4, 0.5) is 0 Å². The van der Waals surface area contributed by atoms with Gasteiger partial charge in [0.2, 0.25) is 10.0 Å². The lowest BCUT2D eigenvalue weighted by atomic mass is 9.95. The fourth-order valence-electron chi connectivity index (χ4n) is 2.78. The highest BCUT2D eigenvalue weighted by Crippen LogP contribution is 2.24. The first-order chi connectivity index (χ1) is 11.8. The molecule has 0 aromatic heterocycles. The van der Waals surface area contributed by atoms with Crippen molar-refractivity contribution in [1.29, 1.82) is 0 Å². The predicted molar refractivity (Wildman–Crippen MR) is 87.5 cm³/mol. The van der Waals surface area contributed by atoms with E-state index in [1.807, 2.05) is 4.72 Å². The summed E-state index contributed by atoms with van der Waals surface area (Å²) in [5, 5.41) is 13.4. The number of ether oxygens (including phenoxy) is 1. The van der Waals surface area contributed by atoms with Crippen molar-refractivity contribution < 1.29 is 27.9 Å². The van der Waals surface area contributed by atoms with Crippen LogP contribution in [-0.2, 0) is 14.8 Å². The van der Waals surface area contributed by atoms with Crippen LogP contribution < -0.4 is 19.9 Å². The first-order valence-corrected chi connectivity index (χ1v) is 9.50. The number of rotatable bonds is 7. The Kier molecular flexibility index (Phi) is 6.38. The van der Waals surface area contributed by atoms with Gasteiger partial charge in [-0.1, -0.05) is 19.3 Å². The fourth-order valence-corrected chi connectivity index (χ4v) is 3.77. The van der Waals surface area contributed by atoms with E-state index < -0.39 is 28.4 Å². The van der Waals surface area contributed by atoms with E-state index in [1.165, 1.54) is 25.3 Å². The first-order valence-electron chi connectivity index (χ1n) is 8.02. The molecule has 25 heavy (non-hydrogen) atoms. The Labute approximate surface area is 146 Å². The minimum absolute atomic E-state index is 0.0578. The number of aliphatic carboxylic acids is 1. The van der Waals surface area contributed by atoms with Gasteiger partial charge in [0.15, 0.2) is 0 Å². The smallest absolute Gasteiger partial charge is 0.255 e. The molecule has 9 heteroatoms. The van der Waals surface area contributed by atoms with E-state index in [4.69, 9.17) is 4.74 Å². The van der Waals surface area contributed by atoms with Crippen LogP contribution in [0, 0.1) is 0 Å². The SMILES string of the molecule is COc1ccc(S(=O)(=O)NCC(=O)[O-])cc1C(=O)NC1CCCCC1. The molecule has 0 atom stereocenters. The van der Waals surface area contributed by atoms with E-state index in [0.29, 0.717) is 0 Å². The van der Waals surface area contributed by atoms with Crippen LogP contribution in [-0.4, -0.2) is 40.0 Å². The molecule has 1 aromatic carbocycles. The van der Waals surface area contributed by atoms with Crippen LogP contribution in [0.5, 0.6) is 5.75 Å². The van der Waals surface area contributed by atoms with Crippen LogP contribution in [0.1, 0.15) is 42.5 Å². The summed E-state index contributed by atoms with van der Waals surface area (Å²) in [6.07, 6.45) is 5.01. The third-order valence-electron chi connectivity index (χ3n) is 4.07. The van der Waals surface area contributed by atoms with Gasteiger partial charge in [0.25, 0.3) is 5.91 Å². The zero-order chi connectivity index (χ0) is 18.4. The third-order valence-corrected chi connectivity index (χ3v) is 5.47. The lowest BCUT2D eigenvalue weighted by Crippen LogP contribution is -2.38. The minimum Gasteiger partial charge on any atom is -0.549 e. The molecule has 2 N–H and O–H groups in total. The molecule has 0 radical (unpaired) electrons. The van der Waals surface area contributed by atoms with E-state index in [9.17, 15) is 23.1 Å². The number of hydrogen-bond acceptors (Lipinski definition) is 6. The minimum atomic E-state index is -4.08. The normalized spacial score (nSPS) is 15.6. The summed E-state index contributed by atoms with van der Waals surface area (Å²) in [4.78, 5) is 22.8. The van der Waals surface area contributed by atoms with Gasteiger partial charge in [-0.2, -0.15) is 0 Å². The zero-order valence-electron chi connectivity index (χ0n) is 13.9. The van der Waals surface area contributed by atoms with E-state index in [0.717, 1.165) is 32.1 Å². The second-order valence-electron chi connectivity index (χ2n) is 5.87. The lowest BCUT2D eigenvalue weighted by Gasteiger charge is -2.23. The molecular weight excluding hydrogens is 348 g/mol. The van der Waals surface area contributed by atoms with Gasteiger partial charge in [-0.3, -0.25) is 4.79 Å². The van der Waals surface area contributed by atoms with Gasteiger partial charge in [-0.15, -0.1) is 0 Å². The number of carbonyl (C=O) groups excluding carboxylic acids is 2. The summed E-state index contributed by atoms with van der Waals surface area (Å²) in [5.74, 6) is -1.72. The van der Waals surface area contributed by atoms with Crippen LogP contribution in [0.15, 0.2) is 23.1 Å². The van der Waals surface area contributed by atoms with E-state index in [-0.39, 0.29) is 22.3 Å². The average molecular weight is 369 g/mol. The number of amides is 1. The van der Waals surface area contributed by atoms with Crippen LogP contribution in [0.25, 0.3) is 0 Å². The molecular formula is C16H21N2O6S-. The molecule has 0 unspecified atom stereocenters. The number of sulfonamides is 1. The Hall–Kier alpha value is -2.13. The Morgan fingerprint density at radius 2 is 1.92 bits per heavy atom. The molecule has 0 spiro atoms. The molecule has 0 aliphatic heterocycles. The second kappa shape index (κ2) is 8.30. The number of carboxylic acids is 1. The maximum Gasteiger partial charge on any atom is 0.255 e. The first kappa shape index (κ1) is 19.2. The van der Waals surface area contributed by atoms with Gasteiger partial charge < -0.3 is 20.0 Å². The van der Waals surface area contributed by atoms with Crippen molar-refractivity contribution in [3.8, 4) is 5.75 Å². The van der Waals surface area contributed by atoms with Crippen molar-refractivity contribution in [3.63, 3.8) is 0 Å². The maximum absolute atomic E-state index is 12.5. The average Bonchev–Trinajstić information content (AvgIpc) is 2.60. The summed E-state index contributed by atoms with van der Waals surface area (Å²) in [6, 6.07) is 3.84. The number of hydrogen-bond donors (Lipinski definition) is 2. The van der Waals surface area contributed by atoms with Crippen molar-refractivity contribution in [2.75, 3.05) is 13.7 Å². The predicted octanol–water partition coefficient (Wildman–Crippen LogP) is -0.214. The highest BCUT2D eigenvalue weighted by Gasteiger charge is 2.22. The highest BCUT2D eigenvalue weighted by atomic mass is 32.2. The zero-order valence-corrected chi connectivity index (χ0v) is 14.7. The van der Waals surface area contributed by atoms with Crippen molar-refractivity contribution >= 4 is 21.9 Å². The molecule has 8 nitrogen and oxygen atoms in total. The molecule has 1 aliphatic carbocycles. The summed E-state index contributed by atoms with van der Waals surface area (Å²) >= 11 is 0. The molecule has 1 aliphatic rings. The highest BCUT2D eigenvalue weighted by molar-refractivity contribution is 7.89. The Morgan fingerprint density at radius 3 is 2.52 bits per heavy atom. The van der Waals surface area contributed by atoms with Crippen molar-refractivity contribution in [2.45, 2.75) is 43.0 Å². The molecule has 0 saturated heterocycles. The topological polar surface area (TPSA) is 125 Å². The number of carbonyl (C=O) groups is 2. The van der Waals surface area contributed by atoms with Gasteiger partial charge in [0, 0.05) is 6.04 Å². The summed E-state index contributed by atoms with van der Waals surface area (Å²) in [7, 11) is -2.69. The third kappa shape index (κ3) is 5.17. The number of methoxy groups -OCH3 is 1. The van der Waals surface area contributed by atoms with Gasteiger partial charge >= 0.3 is 0 Å². The molecule has 1 saturated carbocycles. The van der Waals surface area contributed by atoms with Crippen molar-refractivity contribution in [1.82, 2.24) is 10.0 Å². The van der Waals surface area contributed by atoms with Crippen LogP contribution in [0.2, 0.25) is 0 Å². The molecule has 0 bridgehead atoms. The van der Waals surface area contributed by atoms with Gasteiger partial charge in [-0.05, 0) is 31.0 Å². The molecule has 138 valence electrons. The largest absolute Gasteiger partial charge is 0.549 e. The molecule has 1 amide bonds. The van der Waals surface area contributed by atoms with E-state index in [2.05, 4.69) is 5.32 Å². The van der Waals surface area contributed by atoms with Gasteiger partial charge in [-0.25, -0.2) is 13.1 Å². The quantitative estimate of drug-likeness (QED) is 0.685. The Balaban J connectivity index is 2.23. The molecule has 1 fully saturated rings. The summed E-state index contributed by atoms with van der Waals surface area (Å²) < 4.78 is 31.3.